The smallest absolute Gasteiger partial charge is 0.220 e. The van der Waals surface area contributed by atoms with E-state index in [9.17, 15) is 4.79 Å². The van der Waals surface area contributed by atoms with Crippen molar-refractivity contribution in [3.63, 3.8) is 0 Å². The maximum Gasteiger partial charge on any atom is 0.220 e. The molecule has 0 aromatic heterocycles. The third kappa shape index (κ3) is 6.94. The molecule has 0 bridgehead atoms. The van der Waals surface area contributed by atoms with E-state index in [2.05, 4.69) is 21.2 Å². The third-order valence-corrected chi connectivity index (χ3v) is 7.92. The molecule has 1 unspecified atom stereocenters. The second kappa shape index (κ2) is 11.2. The number of carbonyl (C=O) groups excluding carboxylic acids is 1. The molecule has 1 fully saturated rings. The Morgan fingerprint density at radius 3 is 2.72 bits per heavy atom. The van der Waals surface area contributed by atoms with Crippen LogP contribution in [0.2, 0.25) is 0 Å². The second-order valence-electron chi connectivity index (χ2n) is 5.97. The van der Waals surface area contributed by atoms with Crippen LogP contribution >= 0.6 is 37.5 Å². The van der Waals surface area contributed by atoms with Gasteiger partial charge in [0.05, 0.1) is 14.2 Å². The van der Waals surface area contributed by atoms with Crippen LogP contribution in [-0.4, -0.2) is 37.7 Å². The first-order valence-electron chi connectivity index (χ1n) is 8.59. The molecule has 0 radical (unpaired) electrons. The topological polar surface area (TPSA) is 47.6 Å². The lowest BCUT2D eigenvalue weighted by Gasteiger charge is -2.12. The van der Waals surface area contributed by atoms with Gasteiger partial charge in [-0.25, -0.2) is 0 Å². The monoisotopic (exact) mass is 447 g/mol. The first-order valence-corrected chi connectivity index (χ1v) is 11.8. The molecule has 140 valence electrons. The van der Waals surface area contributed by atoms with Gasteiger partial charge in [-0.05, 0) is 43.4 Å². The Bertz CT molecular complexity index is 565. The summed E-state index contributed by atoms with van der Waals surface area (Å²) in [5, 5.41) is 3.81. The Hall–Kier alpha value is -0.530. The van der Waals surface area contributed by atoms with E-state index in [-0.39, 0.29) is 5.91 Å². The fourth-order valence-electron chi connectivity index (χ4n) is 2.73. The standard InChI is InChI=1S/C18H26BrNO3S2/c1-22-16-11-13(15(19)12-17(16)23-2)7-9-20-18(21)6-4-3-5-14-8-10-24-25-14/h11-12,14H,3-10H2,1-2H3,(H,20,21). The Morgan fingerprint density at radius 2 is 2.04 bits per heavy atom. The van der Waals surface area contributed by atoms with Crippen molar-refractivity contribution < 1.29 is 14.3 Å². The van der Waals surface area contributed by atoms with Crippen LogP contribution in [0.15, 0.2) is 16.6 Å². The van der Waals surface area contributed by atoms with Crippen molar-refractivity contribution in [1.82, 2.24) is 5.32 Å². The van der Waals surface area contributed by atoms with E-state index in [0.717, 1.165) is 34.5 Å². The zero-order chi connectivity index (χ0) is 18.1. The summed E-state index contributed by atoms with van der Waals surface area (Å²) in [6.45, 7) is 0.627. The van der Waals surface area contributed by atoms with E-state index in [1.807, 2.05) is 33.7 Å². The maximum absolute atomic E-state index is 12.0. The van der Waals surface area contributed by atoms with Crippen molar-refractivity contribution in [2.24, 2.45) is 0 Å². The Morgan fingerprint density at radius 1 is 1.28 bits per heavy atom. The minimum absolute atomic E-state index is 0.144. The lowest BCUT2D eigenvalue weighted by Crippen LogP contribution is -2.25. The molecule has 1 aromatic carbocycles. The van der Waals surface area contributed by atoms with Crippen molar-refractivity contribution >= 4 is 43.4 Å². The van der Waals surface area contributed by atoms with Gasteiger partial charge in [0.15, 0.2) is 11.5 Å². The van der Waals surface area contributed by atoms with Crippen molar-refractivity contribution in [1.29, 1.82) is 0 Å². The number of unbranched alkanes of at least 4 members (excludes halogenated alkanes) is 1. The molecule has 4 nitrogen and oxygen atoms in total. The Labute approximate surface area is 166 Å². The van der Waals surface area contributed by atoms with E-state index in [4.69, 9.17) is 9.47 Å². The minimum Gasteiger partial charge on any atom is -0.493 e. The molecule has 1 aliphatic heterocycles. The molecule has 1 saturated heterocycles. The molecule has 0 spiro atoms. The lowest BCUT2D eigenvalue weighted by molar-refractivity contribution is -0.121. The second-order valence-corrected chi connectivity index (χ2v) is 9.62. The fourth-order valence-corrected chi connectivity index (χ4v) is 6.28. The molecule has 25 heavy (non-hydrogen) atoms. The number of benzene rings is 1. The average molecular weight is 448 g/mol. The summed E-state index contributed by atoms with van der Waals surface area (Å²) in [7, 11) is 7.23. The summed E-state index contributed by atoms with van der Waals surface area (Å²) in [5.74, 6) is 2.82. The molecule has 1 aliphatic rings. The van der Waals surface area contributed by atoms with Crippen molar-refractivity contribution in [3.05, 3.63) is 22.2 Å². The van der Waals surface area contributed by atoms with E-state index in [1.54, 1.807) is 14.2 Å². The van der Waals surface area contributed by atoms with Crippen LogP contribution in [0.25, 0.3) is 0 Å². The van der Waals surface area contributed by atoms with Gasteiger partial charge in [0.2, 0.25) is 5.91 Å². The largest absolute Gasteiger partial charge is 0.493 e. The number of carbonyl (C=O) groups is 1. The Balaban J connectivity index is 1.66. The summed E-state index contributed by atoms with van der Waals surface area (Å²) in [6.07, 6.45) is 6.06. The highest BCUT2D eigenvalue weighted by Gasteiger charge is 2.16. The molecule has 1 amide bonds. The molecule has 0 saturated carbocycles. The van der Waals surface area contributed by atoms with Gasteiger partial charge >= 0.3 is 0 Å². The lowest BCUT2D eigenvalue weighted by atomic mass is 10.1. The summed E-state index contributed by atoms with van der Waals surface area (Å²) >= 11 is 3.55. The number of ether oxygens (including phenoxy) is 2. The van der Waals surface area contributed by atoms with Crippen molar-refractivity contribution in [3.8, 4) is 11.5 Å². The Kier molecular flexibility index (Phi) is 9.34. The van der Waals surface area contributed by atoms with Crippen LogP contribution in [0, 0.1) is 0 Å². The molecule has 1 heterocycles. The van der Waals surface area contributed by atoms with Crippen LogP contribution < -0.4 is 14.8 Å². The minimum atomic E-state index is 0.144. The molecule has 1 N–H and O–H groups in total. The van der Waals surface area contributed by atoms with E-state index < -0.39 is 0 Å². The van der Waals surface area contributed by atoms with E-state index in [0.29, 0.717) is 24.5 Å². The quantitative estimate of drug-likeness (QED) is 0.410. The number of nitrogens with one attached hydrogen (secondary N) is 1. The van der Waals surface area contributed by atoms with Gasteiger partial charge in [0.25, 0.3) is 0 Å². The van der Waals surface area contributed by atoms with Crippen LogP contribution in [-0.2, 0) is 11.2 Å². The number of methoxy groups -OCH3 is 2. The van der Waals surface area contributed by atoms with Gasteiger partial charge in [-0.3, -0.25) is 4.79 Å². The zero-order valence-electron chi connectivity index (χ0n) is 14.8. The van der Waals surface area contributed by atoms with Gasteiger partial charge < -0.3 is 14.8 Å². The fraction of sp³-hybridized carbons (Fsp3) is 0.611. The molecule has 2 rings (SSSR count). The number of rotatable bonds is 10. The van der Waals surface area contributed by atoms with Gasteiger partial charge in [-0.15, -0.1) is 0 Å². The van der Waals surface area contributed by atoms with Crippen molar-refractivity contribution in [2.45, 2.75) is 43.8 Å². The number of amides is 1. The highest BCUT2D eigenvalue weighted by atomic mass is 79.9. The predicted octanol–water partition coefficient (Wildman–Crippen LogP) is 4.84. The molecule has 7 heteroatoms. The SMILES string of the molecule is COc1cc(Br)c(CCNC(=O)CCCCC2CCSS2)cc1OC. The van der Waals surface area contributed by atoms with Gasteiger partial charge in [0.1, 0.15) is 0 Å². The first kappa shape index (κ1) is 20.8. The molecular formula is C18H26BrNO3S2. The van der Waals surface area contributed by atoms with Gasteiger partial charge in [-0.2, -0.15) is 0 Å². The normalized spacial score (nSPS) is 16.7. The highest BCUT2D eigenvalue weighted by molar-refractivity contribution is 9.10. The van der Waals surface area contributed by atoms with E-state index >= 15 is 0 Å². The van der Waals surface area contributed by atoms with Crippen LogP contribution in [0.5, 0.6) is 11.5 Å². The summed E-state index contributed by atoms with van der Waals surface area (Å²) in [6, 6.07) is 3.85. The first-order chi connectivity index (χ1) is 12.1. The summed E-state index contributed by atoms with van der Waals surface area (Å²) < 4.78 is 11.6. The van der Waals surface area contributed by atoms with Crippen LogP contribution in [0.4, 0.5) is 0 Å². The van der Waals surface area contributed by atoms with Gasteiger partial charge in [0, 0.05) is 28.4 Å². The third-order valence-electron chi connectivity index (χ3n) is 4.18. The van der Waals surface area contributed by atoms with Gasteiger partial charge in [-0.1, -0.05) is 43.9 Å². The molecule has 1 atom stereocenters. The summed E-state index contributed by atoms with van der Waals surface area (Å²) in [4.78, 5) is 12.0. The van der Waals surface area contributed by atoms with Crippen LogP contribution in [0.3, 0.4) is 0 Å². The summed E-state index contributed by atoms with van der Waals surface area (Å²) in [5.41, 5.74) is 1.09. The number of hydrogen-bond donors (Lipinski definition) is 1. The van der Waals surface area contributed by atoms with Crippen LogP contribution in [0.1, 0.15) is 37.7 Å². The average Bonchev–Trinajstić information content (AvgIpc) is 3.13. The molecule has 1 aromatic rings. The zero-order valence-corrected chi connectivity index (χ0v) is 18.0. The molecule has 0 aliphatic carbocycles. The molecular weight excluding hydrogens is 422 g/mol. The van der Waals surface area contributed by atoms with E-state index in [1.165, 1.54) is 18.6 Å². The highest BCUT2D eigenvalue weighted by Crippen LogP contribution is 2.39. The number of halogens is 1. The number of hydrogen-bond acceptors (Lipinski definition) is 5. The predicted molar refractivity (Wildman–Crippen MR) is 111 cm³/mol. The van der Waals surface area contributed by atoms with Crippen molar-refractivity contribution in [2.75, 3.05) is 26.5 Å². The maximum atomic E-state index is 12.0.